The highest BCUT2D eigenvalue weighted by molar-refractivity contribution is 9.10. The number of H-pyrrole nitrogens is 1. The first-order valence-corrected chi connectivity index (χ1v) is 6.40. The van der Waals surface area contributed by atoms with Crippen LogP contribution in [0, 0.1) is 0 Å². The number of nitrogens with two attached hydrogens (primary N) is 1. The third-order valence-electron chi connectivity index (χ3n) is 3.07. The molecule has 0 saturated carbocycles. The Kier molecular flexibility index (Phi) is 2.76. The van der Waals surface area contributed by atoms with Crippen LogP contribution in [0.3, 0.4) is 0 Å². The van der Waals surface area contributed by atoms with Crippen LogP contribution in [-0.4, -0.2) is 21.0 Å². The fourth-order valence-electron chi connectivity index (χ4n) is 2.20. The summed E-state index contributed by atoms with van der Waals surface area (Å²) in [6.07, 6.45) is 1.64. The molecule has 0 aliphatic carbocycles. The zero-order chi connectivity index (χ0) is 13.6. The summed E-state index contributed by atoms with van der Waals surface area (Å²) in [4.78, 5) is 18.7. The lowest BCUT2D eigenvalue weighted by Crippen LogP contribution is -2.11. The number of hydrogen-bond donors (Lipinski definition) is 3. The topological polar surface area (TPSA) is 92.0 Å². The molecule has 0 unspecified atom stereocenters. The summed E-state index contributed by atoms with van der Waals surface area (Å²) in [6.45, 7) is -0.129. The van der Waals surface area contributed by atoms with Crippen molar-refractivity contribution < 1.29 is 9.90 Å². The third kappa shape index (κ3) is 1.80. The van der Waals surface area contributed by atoms with Crippen LogP contribution in [0.2, 0.25) is 0 Å². The first-order chi connectivity index (χ1) is 9.11. The normalized spacial score (nSPS) is 11.3. The lowest BCUT2D eigenvalue weighted by Gasteiger charge is -2.00. The van der Waals surface area contributed by atoms with E-state index in [1.807, 2.05) is 0 Å². The van der Waals surface area contributed by atoms with Crippen molar-refractivity contribution in [2.24, 2.45) is 5.73 Å². The Hall–Kier alpha value is -1.92. The molecule has 19 heavy (non-hydrogen) atoms. The van der Waals surface area contributed by atoms with Crippen molar-refractivity contribution in [3.63, 3.8) is 0 Å². The van der Waals surface area contributed by atoms with Crippen LogP contribution >= 0.6 is 15.9 Å². The van der Waals surface area contributed by atoms with Crippen molar-refractivity contribution in [1.29, 1.82) is 0 Å². The molecule has 3 aromatic rings. The molecule has 4 N–H and O–H groups in total. The van der Waals surface area contributed by atoms with E-state index in [-0.39, 0.29) is 6.61 Å². The molecule has 0 aliphatic heterocycles. The van der Waals surface area contributed by atoms with Crippen LogP contribution < -0.4 is 5.73 Å². The van der Waals surface area contributed by atoms with Gasteiger partial charge in [0.15, 0.2) is 0 Å². The number of primary amides is 1. The van der Waals surface area contributed by atoms with Gasteiger partial charge in [-0.05, 0) is 18.2 Å². The molecule has 0 atom stereocenters. The van der Waals surface area contributed by atoms with Crippen molar-refractivity contribution in [1.82, 2.24) is 9.97 Å². The summed E-state index contributed by atoms with van der Waals surface area (Å²) in [7, 11) is 0. The van der Waals surface area contributed by atoms with E-state index in [0.717, 1.165) is 20.8 Å². The molecule has 6 heteroatoms. The molecule has 0 bridgehead atoms. The molecule has 0 fully saturated rings. The Morgan fingerprint density at radius 1 is 1.47 bits per heavy atom. The van der Waals surface area contributed by atoms with Crippen molar-refractivity contribution in [2.45, 2.75) is 6.61 Å². The number of aliphatic hydroxyl groups excluding tert-OH is 1. The molecule has 0 aliphatic rings. The predicted molar refractivity (Wildman–Crippen MR) is 75.7 cm³/mol. The van der Waals surface area contributed by atoms with Crippen molar-refractivity contribution in [3.05, 3.63) is 40.1 Å². The number of hydrogen-bond acceptors (Lipinski definition) is 3. The molecule has 1 aromatic carbocycles. The molecule has 2 aromatic heterocycles. The minimum absolute atomic E-state index is 0.129. The van der Waals surface area contributed by atoms with Crippen LogP contribution in [0.5, 0.6) is 0 Å². The number of nitrogens with zero attached hydrogens (tertiary/aromatic N) is 1. The highest BCUT2D eigenvalue weighted by Gasteiger charge is 2.14. The van der Waals surface area contributed by atoms with Crippen LogP contribution in [0.1, 0.15) is 16.1 Å². The fraction of sp³-hybridized carbons (Fsp3) is 0.0769. The summed E-state index contributed by atoms with van der Waals surface area (Å²) in [5, 5.41) is 10.9. The quantitative estimate of drug-likeness (QED) is 0.675. The SMILES string of the molecule is NC(=O)c1ccc(Br)c2c1[nH]c1cnc(CO)cc12. The van der Waals surface area contributed by atoms with E-state index >= 15 is 0 Å². The molecule has 2 heterocycles. The summed E-state index contributed by atoms with van der Waals surface area (Å²) in [6, 6.07) is 5.25. The standard InChI is InChI=1S/C13H10BrN3O2/c14-9-2-1-7(13(15)19)12-11(9)8-3-6(5-18)16-4-10(8)17-12/h1-4,17-18H,5H2,(H2,15,19). The Labute approximate surface area is 116 Å². The van der Waals surface area contributed by atoms with Gasteiger partial charge in [0.25, 0.3) is 5.91 Å². The summed E-state index contributed by atoms with van der Waals surface area (Å²) in [5.41, 5.74) is 7.85. The number of amides is 1. The second-order valence-electron chi connectivity index (χ2n) is 4.21. The van der Waals surface area contributed by atoms with E-state index in [1.54, 1.807) is 24.4 Å². The number of halogens is 1. The smallest absolute Gasteiger partial charge is 0.250 e. The van der Waals surface area contributed by atoms with E-state index in [1.165, 1.54) is 0 Å². The van der Waals surface area contributed by atoms with Gasteiger partial charge in [-0.25, -0.2) is 0 Å². The summed E-state index contributed by atoms with van der Waals surface area (Å²) >= 11 is 3.47. The van der Waals surface area contributed by atoms with E-state index in [0.29, 0.717) is 16.8 Å². The number of nitrogens with one attached hydrogen (secondary N) is 1. The zero-order valence-corrected chi connectivity index (χ0v) is 11.4. The van der Waals surface area contributed by atoms with Crippen LogP contribution in [0.15, 0.2) is 28.9 Å². The molecular formula is C13H10BrN3O2. The maximum atomic E-state index is 11.5. The number of carbonyl (C=O) groups excluding carboxylic acids is 1. The molecular weight excluding hydrogens is 310 g/mol. The lowest BCUT2D eigenvalue weighted by molar-refractivity contribution is 0.100. The first kappa shape index (κ1) is 12.1. The van der Waals surface area contributed by atoms with Crippen LogP contribution in [0.25, 0.3) is 21.8 Å². The molecule has 96 valence electrons. The van der Waals surface area contributed by atoms with Gasteiger partial charge < -0.3 is 15.8 Å². The van der Waals surface area contributed by atoms with E-state index in [9.17, 15) is 4.79 Å². The average molecular weight is 320 g/mol. The molecule has 1 amide bonds. The first-order valence-electron chi connectivity index (χ1n) is 5.61. The van der Waals surface area contributed by atoms with E-state index < -0.39 is 5.91 Å². The largest absolute Gasteiger partial charge is 0.390 e. The number of rotatable bonds is 2. The van der Waals surface area contributed by atoms with Crippen molar-refractivity contribution >= 4 is 43.6 Å². The van der Waals surface area contributed by atoms with Crippen molar-refractivity contribution in [3.8, 4) is 0 Å². The van der Waals surface area contributed by atoms with Crippen LogP contribution in [-0.2, 0) is 6.61 Å². The van der Waals surface area contributed by atoms with Gasteiger partial charge >= 0.3 is 0 Å². The molecule has 0 spiro atoms. The summed E-state index contributed by atoms with van der Waals surface area (Å²) in [5.74, 6) is -0.487. The second kappa shape index (κ2) is 4.32. The zero-order valence-electron chi connectivity index (χ0n) is 9.77. The van der Waals surface area contributed by atoms with Crippen molar-refractivity contribution in [2.75, 3.05) is 0 Å². The monoisotopic (exact) mass is 319 g/mol. The van der Waals surface area contributed by atoms with Gasteiger partial charge in [0.1, 0.15) is 0 Å². The van der Waals surface area contributed by atoms with E-state index in [2.05, 4.69) is 25.9 Å². The Morgan fingerprint density at radius 3 is 2.95 bits per heavy atom. The van der Waals surface area contributed by atoms with Gasteiger partial charge in [0.2, 0.25) is 0 Å². The van der Waals surface area contributed by atoms with E-state index in [4.69, 9.17) is 10.8 Å². The molecule has 0 radical (unpaired) electrons. The van der Waals surface area contributed by atoms with Gasteiger partial charge in [-0.3, -0.25) is 9.78 Å². The highest BCUT2D eigenvalue weighted by Crippen LogP contribution is 2.33. The minimum Gasteiger partial charge on any atom is -0.390 e. The van der Waals surface area contributed by atoms with Gasteiger partial charge in [0, 0.05) is 15.2 Å². The fourth-order valence-corrected chi connectivity index (χ4v) is 2.75. The van der Waals surface area contributed by atoms with Crippen LogP contribution in [0.4, 0.5) is 0 Å². The Bertz CT molecular complexity index is 810. The molecule has 3 rings (SSSR count). The number of aromatic amines is 1. The third-order valence-corrected chi connectivity index (χ3v) is 3.73. The number of aromatic nitrogens is 2. The average Bonchev–Trinajstić information content (AvgIpc) is 2.77. The number of fused-ring (bicyclic) bond motifs is 3. The number of pyridine rings is 1. The van der Waals surface area contributed by atoms with Gasteiger partial charge in [-0.15, -0.1) is 0 Å². The van der Waals surface area contributed by atoms with Gasteiger partial charge in [-0.2, -0.15) is 0 Å². The maximum absolute atomic E-state index is 11.5. The number of benzene rings is 1. The van der Waals surface area contributed by atoms with Gasteiger partial charge in [-0.1, -0.05) is 15.9 Å². The number of aliphatic hydroxyl groups is 1. The second-order valence-corrected chi connectivity index (χ2v) is 5.07. The van der Waals surface area contributed by atoms with Gasteiger partial charge in [0.05, 0.1) is 35.1 Å². The molecule has 5 nitrogen and oxygen atoms in total. The maximum Gasteiger partial charge on any atom is 0.250 e. The highest BCUT2D eigenvalue weighted by atomic mass is 79.9. The lowest BCUT2D eigenvalue weighted by atomic mass is 10.1. The predicted octanol–water partition coefficient (Wildman–Crippen LogP) is 2.07. The minimum atomic E-state index is -0.487. The Balaban J connectivity index is 2.49. The molecule has 0 saturated heterocycles. The Morgan fingerprint density at radius 2 is 2.26 bits per heavy atom. The summed E-state index contributed by atoms with van der Waals surface area (Å²) < 4.78 is 0.855. The number of carbonyl (C=O) groups is 1.